The Balaban J connectivity index is 1.80. The Labute approximate surface area is 160 Å². The third-order valence-corrected chi connectivity index (χ3v) is 5.23. The molecule has 0 radical (unpaired) electrons. The fourth-order valence-electron chi connectivity index (χ4n) is 3.65. The number of nitrogens with zero attached hydrogens (tertiary/aromatic N) is 4. The van der Waals surface area contributed by atoms with Gasteiger partial charge in [-0.3, -0.25) is 9.80 Å². The average Bonchev–Trinajstić information content (AvgIpc) is 2.99. The van der Waals surface area contributed by atoms with Gasteiger partial charge in [0.2, 0.25) is 5.91 Å². The van der Waals surface area contributed by atoms with Crippen molar-refractivity contribution in [2.45, 2.75) is 26.2 Å². The summed E-state index contributed by atoms with van der Waals surface area (Å²) in [5.74, 6) is 0.834. The van der Waals surface area contributed by atoms with Crippen LogP contribution in [0.25, 0.3) is 0 Å². The second-order valence-corrected chi connectivity index (χ2v) is 7.12. The first kappa shape index (κ1) is 18.9. The lowest BCUT2D eigenvalue weighted by Crippen LogP contribution is -2.40. The van der Waals surface area contributed by atoms with Crippen molar-refractivity contribution in [3.8, 4) is 0 Å². The molecule has 1 unspecified atom stereocenters. The van der Waals surface area contributed by atoms with Gasteiger partial charge in [-0.1, -0.05) is 12.1 Å². The van der Waals surface area contributed by atoms with Crippen LogP contribution in [0.1, 0.15) is 31.7 Å². The fraction of sp³-hybridized carbons (Fsp3) is 0.450. The maximum absolute atomic E-state index is 11.7. The quantitative estimate of drug-likeness (QED) is 0.627. The van der Waals surface area contributed by atoms with Crippen molar-refractivity contribution in [2.24, 2.45) is 15.8 Å². The molecule has 1 aromatic carbocycles. The molecule has 1 amide bonds. The number of amides is 1. The molecule has 0 spiro atoms. The van der Waals surface area contributed by atoms with Crippen LogP contribution in [0.15, 0.2) is 45.6 Å². The highest BCUT2D eigenvalue weighted by Gasteiger charge is 2.24. The molecule has 0 aliphatic carbocycles. The lowest BCUT2D eigenvalue weighted by Gasteiger charge is -2.29. The number of hydrogen-bond acceptors (Lipinski definition) is 5. The van der Waals surface area contributed by atoms with Crippen molar-refractivity contribution >= 4 is 23.1 Å². The number of hydrogen-bond donors (Lipinski definition) is 2. The summed E-state index contributed by atoms with van der Waals surface area (Å²) in [6.45, 7) is 5.74. The minimum atomic E-state index is 0.0540. The summed E-state index contributed by atoms with van der Waals surface area (Å²) in [6, 6.07) is 8.15. The molecule has 0 fully saturated rings. The van der Waals surface area contributed by atoms with Crippen molar-refractivity contribution in [2.75, 3.05) is 33.7 Å². The van der Waals surface area contributed by atoms with Crippen LogP contribution in [0.2, 0.25) is 0 Å². The van der Waals surface area contributed by atoms with Gasteiger partial charge < -0.3 is 16.0 Å². The highest BCUT2D eigenvalue weighted by atomic mass is 16.2. The van der Waals surface area contributed by atoms with E-state index in [-0.39, 0.29) is 5.91 Å². The van der Waals surface area contributed by atoms with Gasteiger partial charge in [0.1, 0.15) is 5.84 Å². The van der Waals surface area contributed by atoms with E-state index in [4.69, 9.17) is 5.73 Å². The number of amidine groups is 1. The summed E-state index contributed by atoms with van der Waals surface area (Å²) in [5, 5.41) is 9.65. The van der Waals surface area contributed by atoms with Crippen molar-refractivity contribution in [1.29, 1.82) is 0 Å². The van der Waals surface area contributed by atoms with Gasteiger partial charge in [-0.15, -0.1) is 0 Å². The third-order valence-electron chi connectivity index (χ3n) is 5.23. The van der Waals surface area contributed by atoms with E-state index in [1.165, 1.54) is 5.56 Å². The Morgan fingerprint density at radius 2 is 2.04 bits per heavy atom. The first-order chi connectivity index (χ1) is 12.9. The molecule has 3 rings (SSSR count). The summed E-state index contributed by atoms with van der Waals surface area (Å²) in [4.78, 5) is 18.1. The second kappa shape index (κ2) is 7.82. The maximum Gasteiger partial charge on any atom is 0.219 e. The van der Waals surface area contributed by atoms with Crippen LogP contribution in [-0.4, -0.2) is 61.1 Å². The SMILES string of the molecule is CNC1=C(C(N)=Nc2ccc(C3CN(C)N=C3C)cc2)CN(C(C)=O)CC1. The fourth-order valence-corrected chi connectivity index (χ4v) is 3.65. The molecule has 7 heteroatoms. The predicted molar refractivity (Wildman–Crippen MR) is 109 cm³/mol. The number of nitrogens with one attached hydrogen (secondary N) is 1. The van der Waals surface area contributed by atoms with E-state index in [9.17, 15) is 4.79 Å². The number of likely N-dealkylation sites (N-methyl/N-ethyl adjacent to an activating group) is 1. The van der Waals surface area contributed by atoms with Gasteiger partial charge in [-0.2, -0.15) is 5.10 Å². The Morgan fingerprint density at radius 3 is 2.59 bits per heavy atom. The van der Waals surface area contributed by atoms with Crippen molar-refractivity contribution in [3.05, 3.63) is 41.1 Å². The zero-order valence-electron chi connectivity index (χ0n) is 16.5. The van der Waals surface area contributed by atoms with Gasteiger partial charge in [-0.25, -0.2) is 4.99 Å². The minimum absolute atomic E-state index is 0.0540. The summed E-state index contributed by atoms with van der Waals surface area (Å²) >= 11 is 0. The average molecular weight is 368 g/mol. The molecule has 1 atom stereocenters. The van der Waals surface area contributed by atoms with Gasteiger partial charge in [0.25, 0.3) is 0 Å². The van der Waals surface area contributed by atoms with Crippen molar-refractivity contribution in [1.82, 2.24) is 15.2 Å². The largest absolute Gasteiger partial charge is 0.391 e. The van der Waals surface area contributed by atoms with E-state index in [0.717, 1.165) is 35.6 Å². The Bertz CT molecular complexity index is 808. The van der Waals surface area contributed by atoms with E-state index in [1.54, 1.807) is 11.8 Å². The van der Waals surface area contributed by atoms with E-state index in [1.807, 2.05) is 31.2 Å². The Morgan fingerprint density at radius 1 is 1.33 bits per heavy atom. The first-order valence-corrected chi connectivity index (χ1v) is 9.25. The van der Waals surface area contributed by atoms with Crippen LogP contribution >= 0.6 is 0 Å². The number of nitrogens with two attached hydrogens (primary N) is 1. The molecule has 0 saturated heterocycles. The predicted octanol–water partition coefficient (Wildman–Crippen LogP) is 1.81. The van der Waals surface area contributed by atoms with Crippen LogP contribution in [-0.2, 0) is 4.79 Å². The molecule has 0 saturated carbocycles. The van der Waals surface area contributed by atoms with Crippen LogP contribution in [0, 0.1) is 0 Å². The maximum atomic E-state index is 11.7. The monoisotopic (exact) mass is 368 g/mol. The Hall–Kier alpha value is -2.83. The minimum Gasteiger partial charge on any atom is -0.391 e. The van der Waals surface area contributed by atoms with Crippen molar-refractivity contribution in [3.63, 3.8) is 0 Å². The van der Waals surface area contributed by atoms with E-state index in [0.29, 0.717) is 24.8 Å². The van der Waals surface area contributed by atoms with Gasteiger partial charge in [0, 0.05) is 63.4 Å². The molecule has 2 aliphatic rings. The van der Waals surface area contributed by atoms with Crippen LogP contribution in [0.4, 0.5) is 5.69 Å². The summed E-state index contributed by atoms with van der Waals surface area (Å²) in [5.41, 5.74) is 11.4. The summed E-state index contributed by atoms with van der Waals surface area (Å²) in [6.07, 6.45) is 0.758. The van der Waals surface area contributed by atoms with Gasteiger partial charge in [0.15, 0.2) is 0 Å². The molecular formula is C20H28N6O. The molecule has 0 bridgehead atoms. The van der Waals surface area contributed by atoms with E-state index >= 15 is 0 Å². The van der Waals surface area contributed by atoms with Gasteiger partial charge in [-0.05, 0) is 24.6 Å². The van der Waals surface area contributed by atoms with Crippen LogP contribution in [0.3, 0.4) is 0 Å². The molecule has 2 heterocycles. The number of benzene rings is 1. The van der Waals surface area contributed by atoms with Crippen LogP contribution < -0.4 is 11.1 Å². The topological polar surface area (TPSA) is 86.3 Å². The summed E-state index contributed by atoms with van der Waals surface area (Å²) < 4.78 is 0. The molecule has 27 heavy (non-hydrogen) atoms. The van der Waals surface area contributed by atoms with Gasteiger partial charge >= 0.3 is 0 Å². The standard InChI is InChI=1S/C20H28N6O/c1-13-17(11-25(4)24-13)15-5-7-16(8-6-15)23-20(21)18-12-26(14(2)27)10-9-19(18)22-3/h5-8,17,22H,9-12H2,1-4H3,(H2,21,23). The molecule has 0 aromatic heterocycles. The normalized spacial score (nSPS) is 20.8. The smallest absolute Gasteiger partial charge is 0.219 e. The number of hydrazone groups is 1. The zero-order chi connectivity index (χ0) is 19.6. The second-order valence-electron chi connectivity index (χ2n) is 7.12. The molecule has 7 nitrogen and oxygen atoms in total. The highest BCUT2D eigenvalue weighted by molar-refractivity contribution is 6.00. The summed E-state index contributed by atoms with van der Waals surface area (Å²) in [7, 11) is 3.87. The molecule has 1 aromatic rings. The molecule has 144 valence electrons. The van der Waals surface area contributed by atoms with E-state index in [2.05, 4.69) is 34.5 Å². The molecule has 3 N–H and O–H groups in total. The molecular weight excluding hydrogens is 340 g/mol. The molecule has 2 aliphatic heterocycles. The highest BCUT2D eigenvalue weighted by Crippen LogP contribution is 2.26. The number of carbonyl (C=O) groups excluding carboxylic acids is 1. The lowest BCUT2D eigenvalue weighted by molar-refractivity contribution is -0.128. The third kappa shape index (κ3) is 4.13. The Kier molecular flexibility index (Phi) is 5.48. The van der Waals surface area contributed by atoms with E-state index < -0.39 is 0 Å². The number of rotatable bonds is 4. The first-order valence-electron chi connectivity index (χ1n) is 9.25. The van der Waals surface area contributed by atoms with Crippen molar-refractivity contribution < 1.29 is 4.79 Å². The number of carbonyl (C=O) groups is 1. The zero-order valence-corrected chi connectivity index (χ0v) is 16.5. The van der Waals surface area contributed by atoms with Crippen LogP contribution in [0.5, 0.6) is 0 Å². The lowest BCUT2D eigenvalue weighted by atomic mass is 9.95. The number of aliphatic imine (C=N–C) groups is 1. The van der Waals surface area contributed by atoms with Gasteiger partial charge in [0.05, 0.1) is 12.2 Å².